The molecule has 2 aliphatic rings. The lowest BCUT2D eigenvalue weighted by Crippen LogP contribution is -2.37. The van der Waals surface area contributed by atoms with Crippen molar-refractivity contribution >= 4 is 17.4 Å². The molecule has 2 N–H and O–H groups in total. The summed E-state index contributed by atoms with van der Waals surface area (Å²) >= 11 is 0. The van der Waals surface area contributed by atoms with Gasteiger partial charge in [-0.05, 0) is 69.0 Å². The minimum atomic E-state index is -0.625. The molecule has 2 atom stereocenters. The van der Waals surface area contributed by atoms with E-state index in [2.05, 4.69) is 10.6 Å². The standard InChI is InChI=1S/C35H38N2O6/c1-20(2)43-28-13-9-7-11-24(28)33-32(35(39)37-25-12-8-10-14-29(25)40-4)21(3)36-26-17-23(18-27(38)34(26)33)22-15-16-30(41-5)31(19-22)42-6/h7-16,19-20,23,33,36H,17-18H2,1-6H3,(H,37,39)/t23-,33-/m0/s1. The third-order valence-electron chi connectivity index (χ3n) is 7.90. The number of ether oxygens (including phenoxy) is 4. The zero-order chi connectivity index (χ0) is 30.7. The van der Waals surface area contributed by atoms with E-state index in [-0.39, 0.29) is 23.7 Å². The van der Waals surface area contributed by atoms with E-state index in [4.69, 9.17) is 18.9 Å². The van der Waals surface area contributed by atoms with Crippen molar-refractivity contribution in [2.24, 2.45) is 0 Å². The Bertz CT molecular complexity index is 1610. The van der Waals surface area contributed by atoms with Crippen molar-refractivity contribution in [3.8, 4) is 23.0 Å². The second-order valence-corrected chi connectivity index (χ2v) is 11.0. The van der Waals surface area contributed by atoms with Crippen LogP contribution < -0.4 is 29.6 Å². The van der Waals surface area contributed by atoms with Crippen molar-refractivity contribution in [3.05, 3.63) is 100 Å². The molecule has 1 heterocycles. The monoisotopic (exact) mass is 582 g/mol. The van der Waals surface area contributed by atoms with Gasteiger partial charge in [0.25, 0.3) is 5.91 Å². The van der Waals surface area contributed by atoms with Crippen molar-refractivity contribution in [3.63, 3.8) is 0 Å². The fourth-order valence-electron chi connectivity index (χ4n) is 6.01. The van der Waals surface area contributed by atoms with E-state index in [1.807, 2.05) is 75.4 Å². The van der Waals surface area contributed by atoms with Gasteiger partial charge in [-0.25, -0.2) is 0 Å². The highest BCUT2D eigenvalue weighted by molar-refractivity contribution is 6.10. The molecule has 0 aromatic heterocycles. The average Bonchev–Trinajstić information content (AvgIpc) is 3.00. The lowest BCUT2D eigenvalue weighted by atomic mass is 9.71. The number of hydrogen-bond donors (Lipinski definition) is 2. The van der Waals surface area contributed by atoms with Gasteiger partial charge >= 0.3 is 0 Å². The van der Waals surface area contributed by atoms with E-state index in [0.29, 0.717) is 58.4 Å². The molecule has 1 aliphatic carbocycles. The molecule has 0 saturated carbocycles. The van der Waals surface area contributed by atoms with Crippen LogP contribution in [-0.2, 0) is 9.59 Å². The summed E-state index contributed by atoms with van der Waals surface area (Å²) in [6, 6.07) is 20.7. The van der Waals surface area contributed by atoms with Gasteiger partial charge in [-0.3, -0.25) is 9.59 Å². The largest absolute Gasteiger partial charge is 0.495 e. The first kappa shape index (κ1) is 29.8. The highest BCUT2D eigenvalue weighted by Gasteiger charge is 2.42. The Kier molecular flexibility index (Phi) is 8.76. The molecule has 0 radical (unpaired) electrons. The number of ketones is 1. The molecule has 0 spiro atoms. The van der Waals surface area contributed by atoms with Crippen LogP contribution in [0.25, 0.3) is 0 Å². The molecule has 43 heavy (non-hydrogen) atoms. The molecule has 224 valence electrons. The van der Waals surface area contributed by atoms with Crippen LogP contribution in [-0.4, -0.2) is 39.1 Å². The van der Waals surface area contributed by atoms with Crippen LogP contribution in [0.15, 0.2) is 89.3 Å². The second kappa shape index (κ2) is 12.7. The number of rotatable bonds is 9. The van der Waals surface area contributed by atoms with Gasteiger partial charge in [0.1, 0.15) is 11.5 Å². The van der Waals surface area contributed by atoms with Gasteiger partial charge in [-0.15, -0.1) is 0 Å². The van der Waals surface area contributed by atoms with Crippen LogP contribution in [0, 0.1) is 0 Å². The summed E-state index contributed by atoms with van der Waals surface area (Å²) in [6.07, 6.45) is 0.794. The maximum atomic E-state index is 14.2. The Balaban J connectivity index is 1.60. The zero-order valence-electron chi connectivity index (χ0n) is 25.4. The van der Waals surface area contributed by atoms with Crippen molar-refractivity contribution in [2.45, 2.75) is 51.6 Å². The number of hydrogen-bond acceptors (Lipinski definition) is 7. The summed E-state index contributed by atoms with van der Waals surface area (Å²) in [4.78, 5) is 28.3. The van der Waals surface area contributed by atoms with Crippen LogP contribution >= 0.6 is 0 Å². The molecule has 8 nitrogen and oxygen atoms in total. The van der Waals surface area contributed by atoms with Crippen molar-refractivity contribution in [1.82, 2.24) is 5.32 Å². The predicted molar refractivity (Wildman–Crippen MR) is 166 cm³/mol. The number of carbonyl (C=O) groups excluding carboxylic acids is 2. The fraction of sp³-hybridized carbons (Fsp3) is 0.314. The minimum absolute atomic E-state index is 0.0204. The van der Waals surface area contributed by atoms with E-state index in [0.717, 1.165) is 16.8 Å². The van der Waals surface area contributed by atoms with Gasteiger partial charge in [0.05, 0.1) is 39.0 Å². The molecule has 3 aromatic carbocycles. The number of Topliss-reactive ketones (excluding diaryl/α,β-unsaturated/α-hetero) is 1. The fourth-order valence-corrected chi connectivity index (χ4v) is 6.01. The molecular weight excluding hydrogens is 544 g/mol. The zero-order valence-corrected chi connectivity index (χ0v) is 25.4. The van der Waals surface area contributed by atoms with Crippen molar-refractivity contribution in [1.29, 1.82) is 0 Å². The highest BCUT2D eigenvalue weighted by Crippen LogP contribution is 2.48. The van der Waals surface area contributed by atoms with Gasteiger partial charge in [0.15, 0.2) is 17.3 Å². The number of carbonyl (C=O) groups is 2. The first-order valence-electron chi connectivity index (χ1n) is 14.4. The van der Waals surface area contributed by atoms with E-state index in [1.165, 1.54) is 0 Å². The second-order valence-electron chi connectivity index (χ2n) is 11.0. The first-order chi connectivity index (χ1) is 20.7. The summed E-state index contributed by atoms with van der Waals surface area (Å²) in [5, 5.41) is 6.48. The quantitative estimate of drug-likeness (QED) is 0.297. The summed E-state index contributed by atoms with van der Waals surface area (Å²) in [7, 11) is 4.76. The number of anilines is 1. The Labute approximate surface area is 252 Å². The van der Waals surface area contributed by atoms with Crippen LogP contribution in [0.2, 0.25) is 0 Å². The lowest BCUT2D eigenvalue weighted by molar-refractivity contribution is -0.116. The molecule has 0 bridgehead atoms. The topological polar surface area (TPSA) is 95.1 Å². The van der Waals surface area contributed by atoms with E-state index < -0.39 is 5.92 Å². The first-order valence-corrected chi connectivity index (χ1v) is 14.4. The number of allylic oxidation sites excluding steroid dienone is 3. The van der Waals surface area contributed by atoms with Gasteiger partial charge in [-0.1, -0.05) is 36.4 Å². The number of methoxy groups -OCH3 is 3. The minimum Gasteiger partial charge on any atom is -0.495 e. The molecule has 1 aliphatic heterocycles. The molecular formula is C35H38N2O6. The maximum Gasteiger partial charge on any atom is 0.254 e. The number of amides is 1. The predicted octanol–water partition coefficient (Wildman–Crippen LogP) is 6.50. The number of nitrogens with one attached hydrogen (secondary N) is 2. The van der Waals surface area contributed by atoms with Crippen molar-refractivity contribution < 1.29 is 28.5 Å². The van der Waals surface area contributed by atoms with Gasteiger partial charge in [0.2, 0.25) is 0 Å². The Morgan fingerprint density at radius 1 is 0.860 bits per heavy atom. The van der Waals surface area contributed by atoms with E-state index in [1.54, 1.807) is 33.5 Å². The SMILES string of the molecule is COc1ccccc1NC(=O)C1=C(C)NC2=C(C(=O)C[C@@H](c3ccc(OC)c(OC)c3)C2)[C@H]1c1ccccc1OC(C)C. The van der Waals surface area contributed by atoms with Crippen LogP contribution in [0.4, 0.5) is 5.69 Å². The average molecular weight is 583 g/mol. The van der Waals surface area contributed by atoms with Gasteiger partial charge in [-0.2, -0.15) is 0 Å². The molecule has 0 unspecified atom stereocenters. The van der Waals surface area contributed by atoms with Crippen LogP contribution in [0.1, 0.15) is 56.6 Å². The third-order valence-corrected chi connectivity index (χ3v) is 7.90. The Morgan fingerprint density at radius 2 is 1.53 bits per heavy atom. The smallest absolute Gasteiger partial charge is 0.254 e. The Hall–Kier alpha value is -4.72. The van der Waals surface area contributed by atoms with Gasteiger partial charge < -0.3 is 29.6 Å². The van der Waals surface area contributed by atoms with E-state index >= 15 is 0 Å². The molecule has 0 fully saturated rings. The maximum absolute atomic E-state index is 14.2. The van der Waals surface area contributed by atoms with Gasteiger partial charge in [0, 0.05) is 34.5 Å². The Morgan fingerprint density at radius 3 is 2.23 bits per heavy atom. The van der Waals surface area contributed by atoms with Crippen LogP contribution in [0.5, 0.6) is 23.0 Å². The number of para-hydroxylation sites is 3. The molecule has 0 saturated heterocycles. The lowest BCUT2D eigenvalue weighted by Gasteiger charge is -2.37. The highest BCUT2D eigenvalue weighted by atomic mass is 16.5. The van der Waals surface area contributed by atoms with Crippen molar-refractivity contribution in [2.75, 3.05) is 26.6 Å². The van der Waals surface area contributed by atoms with Crippen LogP contribution in [0.3, 0.4) is 0 Å². The summed E-state index contributed by atoms with van der Waals surface area (Å²) in [5.41, 5.74) is 4.84. The molecule has 5 rings (SSSR count). The van der Waals surface area contributed by atoms with E-state index in [9.17, 15) is 9.59 Å². The number of benzene rings is 3. The molecule has 3 aromatic rings. The summed E-state index contributed by atoms with van der Waals surface area (Å²) < 4.78 is 22.6. The summed E-state index contributed by atoms with van der Waals surface area (Å²) in [5.74, 6) is 1.40. The molecule has 8 heteroatoms. The third kappa shape index (κ3) is 5.95. The normalized spacial score (nSPS) is 18.2. The number of dihydropyridines is 1. The molecule has 1 amide bonds. The summed E-state index contributed by atoms with van der Waals surface area (Å²) in [6.45, 7) is 5.80.